The van der Waals surface area contributed by atoms with Gasteiger partial charge in [0.25, 0.3) is 0 Å². The first kappa shape index (κ1) is 15.0. The lowest BCUT2D eigenvalue weighted by molar-refractivity contribution is -0.118. The molecule has 0 heterocycles. The molecular weight excluding hydrogens is 319 g/mol. The molecule has 0 aliphatic rings. The van der Waals surface area contributed by atoms with E-state index in [-0.39, 0.29) is 16.6 Å². The maximum Gasteiger partial charge on any atom is 0.234 e. The number of hydrogen-bond acceptors (Lipinski definition) is 2. The van der Waals surface area contributed by atoms with Gasteiger partial charge in [0.1, 0.15) is 5.82 Å². The maximum absolute atomic E-state index is 13.6. The normalized spacial score (nSPS) is 11.9. The van der Waals surface area contributed by atoms with Gasteiger partial charge in [-0.15, -0.1) is 0 Å². The van der Waals surface area contributed by atoms with Crippen molar-refractivity contribution >= 4 is 44.7 Å². The molecule has 1 amide bonds. The van der Waals surface area contributed by atoms with Gasteiger partial charge in [-0.2, -0.15) is 0 Å². The summed E-state index contributed by atoms with van der Waals surface area (Å²) < 4.78 is 14.2. The Morgan fingerprint density at radius 2 is 2.28 bits per heavy atom. The first-order chi connectivity index (χ1) is 8.45. The monoisotopic (exact) mass is 332 g/mol. The topological polar surface area (TPSA) is 55.1 Å². The Labute approximate surface area is 119 Å². The predicted octanol–water partition coefficient (Wildman–Crippen LogP) is 3.23. The van der Waals surface area contributed by atoms with E-state index in [2.05, 4.69) is 21.2 Å². The molecule has 18 heavy (non-hydrogen) atoms. The van der Waals surface area contributed by atoms with Crippen LogP contribution in [0.15, 0.2) is 22.7 Å². The third-order valence-electron chi connectivity index (χ3n) is 2.43. The average Bonchev–Trinajstić information content (AvgIpc) is 2.29. The Morgan fingerprint density at radius 3 is 2.78 bits per heavy atom. The van der Waals surface area contributed by atoms with Gasteiger partial charge in [-0.25, -0.2) is 4.39 Å². The van der Waals surface area contributed by atoms with Crippen molar-refractivity contribution in [1.29, 1.82) is 0 Å². The van der Waals surface area contributed by atoms with Crippen LogP contribution in [0.2, 0.25) is 0 Å². The van der Waals surface area contributed by atoms with Gasteiger partial charge in [0.15, 0.2) is 0 Å². The first-order valence-corrected chi connectivity index (χ1v) is 6.71. The van der Waals surface area contributed by atoms with E-state index in [1.807, 2.05) is 6.92 Å². The number of benzene rings is 1. The number of nitrogens with two attached hydrogens (primary N) is 1. The summed E-state index contributed by atoms with van der Waals surface area (Å²) in [5.74, 6) is -1.44. The minimum Gasteiger partial charge on any atom is -0.393 e. The number of carbonyl (C=O) groups excluding carboxylic acids is 1. The molecule has 1 unspecified atom stereocenters. The number of nitrogens with one attached hydrogen (secondary N) is 1. The van der Waals surface area contributed by atoms with Crippen LogP contribution in [0.5, 0.6) is 0 Å². The van der Waals surface area contributed by atoms with Crippen LogP contribution in [-0.4, -0.2) is 10.9 Å². The van der Waals surface area contributed by atoms with E-state index in [1.165, 1.54) is 12.1 Å². The number of carbonyl (C=O) groups is 1. The van der Waals surface area contributed by atoms with Gasteiger partial charge < -0.3 is 11.1 Å². The summed E-state index contributed by atoms with van der Waals surface area (Å²) >= 11 is 7.99. The van der Waals surface area contributed by atoms with E-state index >= 15 is 0 Å². The zero-order chi connectivity index (χ0) is 13.7. The largest absolute Gasteiger partial charge is 0.393 e. The van der Waals surface area contributed by atoms with Gasteiger partial charge in [0.2, 0.25) is 5.91 Å². The first-order valence-electron chi connectivity index (χ1n) is 5.51. The average molecular weight is 333 g/mol. The predicted molar refractivity (Wildman–Crippen MR) is 77.9 cm³/mol. The third kappa shape index (κ3) is 4.03. The molecular formula is C12H14BrFN2OS. The second-order valence-electron chi connectivity index (χ2n) is 3.86. The number of anilines is 1. The van der Waals surface area contributed by atoms with E-state index < -0.39 is 11.7 Å². The van der Waals surface area contributed by atoms with Crippen LogP contribution < -0.4 is 11.1 Å². The highest BCUT2D eigenvalue weighted by molar-refractivity contribution is 9.10. The fraction of sp³-hybridized carbons (Fsp3) is 0.333. The molecule has 0 saturated heterocycles. The molecule has 1 aromatic carbocycles. The number of hydrogen-bond donors (Lipinski definition) is 2. The Bertz CT molecular complexity index is 467. The number of thiocarbonyl (C=S) groups is 1. The summed E-state index contributed by atoms with van der Waals surface area (Å²) in [4.78, 5) is 12.1. The van der Waals surface area contributed by atoms with Crippen molar-refractivity contribution in [2.45, 2.75) is 19.8 Å². The minimum absolute atomic E-state index is 0.126. The van der Waals surface area contributed by atoms with Crippen molar-refractivity contribution in [2.24, 2.45) is 11.7 Å². The highest BCUT2D eigenvalue weighted by Gasteiger charge is 2.21. The summed E-state index contributed by atoms with van der Waals surface area (Å²) in [6, 6.07) is 4.42. The van der Waals surface area contributed by atoms with Crippen molar-refractivity contribution in [3.05, 3.63) is 28.5 Å². The van der Waals surface area contributed by atoms with E-state index in [4.69, 9.17) is 18.0 Å². The highest BCUT2D eigenvalue weighted by atomic mass is 79.9. The van der Waals surface area contributed by atoms with Crippen molar-refractivity contribution in [2.75, 3.05) is 5.32 Å². The van der Waals surface area contributed by atoms with Gasteiger partial charge in [0, 0.05) is 4.47 Å². The molecule has 0 aromatic heterocycles. The molecule has 1 aromatic rings. The van der Waals surface area contributed by atoms with Crippen molar-refractivity contribution in [3.8, 4) is 0 Å². The quantitative estimate of drug-likeness (QED) is 0.814. The molecule has 0 radical (unpaired) electrons. The molecule has 1 rings (SSSR count). The Hall–Kier alpha value is -1.01. The Balaban J connectivity index is 2.82. The lowest BCUT2D eigenvalue weighted by atomic mass is 10.0. The second-order valence-corrected chi connectivity index (χ2v) is 5.24. The van der Waals surface area contributed by atoms with Crippen LogP contribution in [0.25, 0.3) is 0 Å². The van der Waals surface area contributed by atoms with Crippen molar-refractivity contribution in [3.63, 3.8) is 0 Å². The number of rotatable bonds is 5. The lowest BCUT2D eigenvalue weighted by Crippen LogP contribution is -2.33. The van der Waals surface area contributed by atoms with Gasteiger partial charge in [-0.3, -0.25) is 4.79 Å². The lowest BCUT2D eigenvalue weighted by Gasteiger charge is -2.15. The molecule has 0 saturated carbocycles. The van der Waals surface area contributed by atoms with Crippen LogP contribution >= 0.6 is 28.1 Å². The van der Waals surface area contributed by atoms with E-state index in [9.17, 15) is 9.18 Å². The molecule has 1 atom stereocenters. The fourth-order valence-electron chi connectivity index (χ4n) is 1.50. The van der Waals surface area contributed by atoms with Crippen LogP contribution in [0.1, 0.15) is 19.8 Å². The summed E-state index contributed by atoms with van der Waals surface area (Å²) in [6.45, 7) is 1.93. The van der Waals surface area contributed by atoms with E-state index in [0.29, 0.717) is 10.9 Å². The highest BCUT2D eigenvalue weighted by Crippen LogP contribution is 2.20. The number of amides is 1. The number of halogens is 2. The van der Waals surface area contributed by atoms with Crippen molar-refractivity contribution in [1.82, 2.24) is 0 Å². The zero-order valence-corrected chi connectivity index (χ0v) is 12.3. The SMILES string of the molecule is CCCC(C(=O)Nc1ccc(Br)cc1F)C(N)=S. The van der Waals surface area contributed by atoms with Gasteiger partial charge in [0.05, 0.1) is 16.6 Å². The minimum atomic E-state index is -0.562. The summed E-state index contributed by atoms with van der Waals surface area (Å²) in [7, 11) is 0. The molecule has 6 heteroatoms. The molecule has 3 N–H and O–H groups in total. The molecule has 98 valence electrons. The summed E-state index contributed by atoms with van der Waals surface area (Å²) in [6.07, 6.45) is 1.33. The second kappa shape index (κ2) is 6.80. The summed E-state index contributed by atoms with van der Waals surface area (Å²) in [5, 5.41) is 2.50. The molecule has 0 aliphatic carbocycles. The van der Waals surface area contributed by atoms with Gasteiger partial charge in [-0.1, -0.05) is 41.5 Å². The van der Waals surface area contributed by atoms with Crippen LogP contribution in [0.4, 0.5) is 10.1 Å². The zero-order valence-electron chi connectivity index (χ0n) is 9.87. The van der Waals surface area contributed by atoms with Gasteiger partial charge in [-0.05, 0) is 24.6 Å². The molecule has 0 spiro atoms. The van der Waals surface area contributed by atoms with Crippen LogP contribution in [0, 0.1) is 11.7 Å². The smallest absolute Gasteiger partial charge is 0.234 e. The molecule has 3 nitrogen and oxygen atoms in total. The van der Waals surface area contributed by atoms with E-state index in [1.54, 1.807) is 6.07 Å². The standard InChI is InChI=1S/C12H14BrFN2OS/c1-2-3-8(11(15)18)12(17)16-10-5-4-7(13)6-9(10)14/h4-6,8H,2-3H2,1H3,(H2,15,18)(H,16,17). The maximum atomic E-state index is 13.6. The fourth-order valence-corrected chi connectivity index (χ4v) is 2.06. The molecule has 0 fully saturated rings. The van der Waals surface area contributed by atoms with Gasteiger partial charge >= 0.3 is 0 Å². The van der Waals surface area contributed by atoms with Crippen LogP contribution in [-0.2, 0) is 4.79 Å². The van der Waals surface area contributed by atoms with E-state index in [0.717, 1.165) is 6.42 Å². The molecule has 0 bridgehead atoms. The Morgan fingerprint density at radius 1 is 1.61 bits per heavy atom. The molecule has 0 aliphatic heterocycles. The summed E-state index contributed by atoms with van der Waals surface area (Å²) in [5.41, 5.74) is 5.63. The Kier molecular flexibility index (Phi) is 5.68. The van der Waals surface area contributed by atoms with Crippen LogP contribution in [0.3, 0.4) is 0 Å². The van der Waals surface area contributed by atoms with Crippen molar-refractivity contribution < 1.29 is 9.18 Å². The third-order valence-corrected chi connectivity index (χ3v) is 3.20.